The van der Waals surface area contributed by atoms with Gasteiger partial charge in [-0.25, -0.2) is 0 Å². The Bertz CT molecular complexity index is 335. The molecule has 1 unspecified atom stereocenters. The first kappa shape index (κ1) is 10.9. The first-order valence-electron chi connectivity index (χ1n) is 5.17. The highest BCUT2D eigenvalue weighted by Crippen LogP contribution is 2.38. The van der Waals surface area contributed by atoms with E-state index in [0.29, 0.717) is 18.3 Å². The lowest BCUT2D eigenvalue weighted by molar-refractivity contribution is 0.220. The predicted octanol–water partition coefficient (Wildman–Crippen LogP) is 0.545. The summed E-state index contributed by atoms with van der Waals surface area (Å²) in [5, 5.41) is 18.3. The van der Waals surface area contributed by atoms with Crippen LogP contribution in [-0.2, 0) is 6.54 Å². The standard InChI is InChI=1S/C9H16N4OS/c1-6(14)5-15-9-12-11-8(4-10)13(9)7-2-3-7/h6-7,14H,2-5,10H2,1H3. The number of nitrogens with zero attached hydrogens (tertiary/aromatic N) is 3. The molecule has 1 fully saturated rings. The van der Waals surface area contributed by atoms with E-state index in [1.165, 1.54) is 12.8 Å². The lowest BCUT2D eigenvalue weighted by atomic mass is 10.5. The average molecular weight is 228 g/mol. The molecule has 1 aliphatic carbocycles. The predicted molar refractivity (Wildman–Crippen MR) is 58.6 cm³/mol. The van der Waals surface area contributed by atoms with Crippen molar-refractivity contribution in [2.24, 2.45) is 5.73 Å². The summed E-state index contributed by atoms with van der Waals surface area (Å²) in [7, 11) is 0. The summed E-state index contributed by atoms with van der Waals surface area (Å²) in [6, 6.07) is 0.537. The van der Waals surface area contributed by atoms with Crippen molar-refractivity contribution in [3.05, 3.63) is 5.82 Å². The minimum absolute atomic E-state index is 0.319. The molecule has 1 saturated carbocycles. The van der Waals surface area contributed by atoms with Gasteiger partial charge in [0.05, 0.1) is 12.6 Å². The molecule has 1 atom stereocenters. The van der Waals surface area contributed by atoms with Gasteiger partial charge >= 0.3 is 0 Å². The van der Waals surface area contributed by atoms with E-state index in [4.69, 9.17) is 5.73 Å². The van der Waals surface area contributed by atoms with Crippen LogP contribution in [0.1, 0.15) is 31.6 Å². The Kier molecular flexibility index (Phi) is 3.28. The second kappa shape index (κ2) is 4.51. The van der Waals surface area contributed by atoms with Gasteiger partial charge in [-0.1, -0.05) is 11.8 Å². The van der Waals surface area contributed by atoms with Crippen molar-refractivity contribution in [2.45, 2.75) is 43.6 Å². The van der Waals surface area contributed by atoms with Crippen LogP contribution in [0.4, 0.5) is 0 Å². The van der Waals surface area contributed by atoms with Crippen LogP contribution in [-0.4, -0.2) is 31.7 Å². The summed E-state index contributed by atoms with van der Waals surface area (Å²) in [6.07, 6.45) is 2.06. The third-order valence-corrected chi connectivity index (χ3v) is 3.47. The van der Waals surface area contributed by atoms with Crippen LogP contribution in [0.5, 0.6) is 0 Å². The molecule has 84 valence electrons. The molecular formula is C9H16N4OS. The van der Waals surface area contributed by atoms with Gasteiger partial charge in [-0.3, -0.25) is 0 Å². The second-order valence-corrected chi connectivity index (χ2v) is 4.85. The van der Waals surface area contributed by atoms with Crippen LogP contribution < -0.4 is 5.73 Å². The molecule has 0 bridgehead atoms. The monoisotopic (exact) mass is 228 g/mol. The Balaban J connectivity index is 2.11. The summed E-state index contributed by atoms with van der Waals surface area (Å²) in [5.41, 5.74) is 5.60. The smallest absolute Gasteiger partial charge is 0.191 e. The molecule has 1 heterocycles. The number of thioether (sulfide) groups is 1. The molecule has 0 radical (unpaired) electrons. The van der Waals surface area contributed by atoms with Gasteiger partial charge in [0, 0.05) is 11.8 Å². The van der Waals surface area contributed by atoms with Gasteiger partial charge in [-0.15, -0.1) is 10.2 Å². The zero-order chi connectivity index (χ0) is 10.8. The zero-order valence-electron chi connectivity index (χ0n) is 8.76. The molecule has 2 rings (SSSR count). The normalized spacial score (nSPS) is 18.1. The van der Waals surface area contributed by atoms with Gasteiger partial charge in [0.2, 0.25) is 0 Å². The van der Waals surface area contributed by atoms with E-state index in [0.717, 1.165) is 11.0 Å². The Morgan fingerprint density at radius 2 is 2.33 bits per heavy atom. The van der Waals surface area contributed by atoms with E-state index in [1.54, 1.807) is 18.7 Å². The van der Waals surface area contributed by atoms with Gasteiger partial charge in [-0.2, -0.15) is 0 Å². The van der Waals surface area contributed by atoms with Crippen LogP contribution >= 0.6 is 11.8 Å². The van der Waals surface area contributed by atoms with Crippen LogP contribution in [0.15, 0.2) is 5.16 Å². The average Bonchev–Trinajstić information content (AvgIpc) is 2.96. The molecule has 0 spiro atoms. The highest BCUT2D eigenvalue weighted by atomic mass is 32.2. The van der Waals surface area contributed by atoms with Crippen LogP contribution in [0.3, 0.4) is 0 Å². The number of nitrogens with two attached hydrogens (primary N) is 1. The van der Waals surface area contributed by atoms with E-state index in [2.05, 4.69) is 14.8 Å². The second-order valence-electron chi connectivity index (χ2n) is 3.86. The van der Waals surface area contributed by atoms with Gasteiger partial charge in [0.25, 0.3) is 0 Å². The first-order chi connectivity index (χ1) is 7.22. The van der Waals surface area contributed by atoms with Crippen molar-refractivity contribution in [3.8, 4) is 0 Å². The third kappa shape index (κ3) is 2.50. The number of hydrogen-bond acceptors (Lipinski definition) is 5. The Labute approximate surface area is 93.1 Å². The number of rotatable bonds is 5. The van der Waals surface area contributed by atoms with E-state index in [9.17, 15) is 5.11 Å². The van der Waals surface area contributed by atoms with Crippen molar-refractivity contribution in [3.63, 3.8) is 0 Å². The molecule has 6 heteroatoms. The highest BCUT2D eigenvalue weighted by molar-refractivity contribution is 7.99. The largest absolute Gasteiger partial charge is 0.393 e. The summed E-state index contributed by atoms with van der Waals surface area (Å²) >= 11 is 1.54. The number of aliphatic hydroxyl groups excluding tert-OH is 1. The summed E-state index contributed by atoms with van der Waals surface area (Å²) in [4.78, 5) is 0. The maximum Gasteiger partial charge on any atom is 0.191 e. The third-order valence-electron chi connectivity index (χ3n) is 2.28. The fourth-order valence-electron chi connectivity index (χ4n) is 1.44. The maximum atomic E-state index is 9.22. The Morgan fingerprint density at radius 1 is 1.60 bits per heavy atom. The van der Waals surface area contributed by atoms with E-state index in [1.807, 2.05) is 0 Å². The quantitative estimate of drug-likeness (QED) is 0.719. The summed E-state index contributed by atoms with van der Waals surface area (Å²) in [5.74, 6) is 1.50. The molecule has 1 aromatic heterocycles. The number of aliphatic hydroxyl groups is 1. The molecule has 3 N–H and O–H groups in total. The lowest BCUT2D eigenvalue weighted by Gasteiger charge is -2.07. The van der Waals surface area contributed by atoms with Crippen molar-refractivity contribution in [1.82, 2.24) is 14.8 Å². The lowest BCUT2D eigenvalue weighted by Crippen LogP contribution is -2.09. The Hall–Kier alpha value is -0.590. The SMILES string of the molecule is CC(O)CSc1nnc(CN)n1C1CC1. The van der Waals surface area contributed by atoms with Crippen molar-refractivity contribution in [2.75, 3.05) is 5.75 Å². The minimum atomic E-state index is -0.319. The minimum Gasteiger partial charge on any atom is -0.393 e. The topological polar surface area (TPSA) is 77.0 Å². The summed E-state index contributed by atoms with van der Waals surface area (Å²) in [6.45, 7) is 2.20. The molecule has 15 heavy (non-hydrogen) atoms. The zero-order valence-corrected chi connectivity index (χ0v) is 9.57. The number of hydrogen-bond donors (Lipinski definition) is 2. The van der Waals surface area contributed by atoms with E-state index >= 15 is 0 Å². The van der Waals surface area contributed by atoms with Gasteiger partial charge in [-0.05, 0) is 19.8 Å². The molecule has 1 aromatic rings. The van der Waals surface area contributed by atoms with Crippen LogP contribution in [0.25, 0.3) is 0 Å². The molecule has 1 aliphatic rings. The first-order valence-corrected chi connectivity index (χ1v) is 6.15. The molecular weight excluding hydrogens is 212 g/mol. The van der Waals surface area contributed by atoms with Gasteiger partial charge in [0.1, 0.15) is 5.82 Å². The van der Waals surface area contributed by atoms with Gasteiger partial charge < -0.3 is 15.4 Å². The molecule has 0 amide bonds. The van der Waals surface area contributed by atoms with Crippen LogP contribution in [0.2, 0.25) is 0 Å². The molecule has 5 nitrogen and oxygen atoms in total. The molecule has 0 aliphatic heterocycles. The Morgan fingerprint density at radius 3 is 2.87 bits per heavy atom. The van der Waals surface area contributed by atoms with Crippen molar-refractivity contribution < 1.29 is 5.11 Å². The highest BCUT2D eigenvalue weighted by Gasteiger charge is 2.29. The van der Waals surface area contributed by atoms with Crippen molar-refractivity contribution >= 4 is 11.8 Å². The number of aromatic nitrogens is 3. The van der Waals surface area contributed by atoms with Crippen LogP contribution in [0, 0.1) is 0 Å². The van der Waals surface area contributed by atoms with E-state index in [-0.39, 0.29) is 6.10 Å². The fourth-order valence-corrected chi connectivity index (χ4v) is 2.32. The fraction of sp³-hybridized carbons (Fsp3) is 0.778. The molecule has 0 aromatic carbocycles. The van der Waals surface area contributed by atoms with Crippen molar-refractivity contribution in [1.29, 1.82) is 0 Å². The summed E-state index contributed by atoms with van der Waals surface area (Å²) < 4.78 is 2.12. The van der Waals surface area contributed by atoms with Gasteiger partial charge in [0.15, 0.2) is 5.16 Å². The maximum absolute atomic E-state index is 9.22. The van der Waals surface area contributed by atoms with E-state index < -0.39 is 0 Å². The molecule has 0 saturated heterocycles.